The number of methoxy groups -OCH3 is 1. The van der Waals surface area contributed by atoms with Crippen LogP contribution in [0.4, 0.5) is 4.39 Å². The second-order valence-corrected chi connectivity index (χ2v) is 11.0. The van der Waals surface area contributed by atoms with Crippen LogP contribution in [-0.4, -0.2) is 52.4 Å². The van der Waals surface area contributed by atoms with Crippen molar-refractivity contribution in [2.24, 2.45) is 5.92 Å². The van der Waals surface area contributed by atoms with Gasteiger partial charge in [0.05, 0.1) is 23.2 Å². The summed E-state index contributed by atoms with van der Waals surface area (Å²) in [6, 6.07) is 11.3. The Morgan fingerprint density at radius 2 is 1.97 bits per heavy atom. The van der Waals surface area contributed by atoms with E-state index < -0.39 is 5.60 Å². The van der Waals surface area contributed by atoms with E-state index in [1.165, 1.54) is 23.3 Å². The van der Waals surface area contributed by atoms with E-state index in [4.69, 9.17) is 4.74 Å². The minimum Gasteiger partial charge on any atom is -0.383 e. The predicted molar refractivity (Wildman–Crippen MR) is 131 cm³/mol. The first-order chi connectivity index (χ1) is 15.7. The van der Waals surface area contributed by atoms with Crippen molar-refractivity contribution in [2.45, 2.75) is 50.9 Å². The van der Waals surface area contributed by atoms with Gasteiger partial charge in [0.25, 0.3) is 0 Å². The van der Waals surface area contributed by atoms with Crippen LogP contribution in [0.2, 0.25) is 0 Å². The van der Waals surface area contributed by atoms with Gasteiger partial charge >= 0.3 is 0 Å². The molecule has 3 aromatic rings. The molecule has 2 aliphatic rings. The SMILES string of the molecule is CO[C@@H]1CN(CC2Cc3ccc(Br)cc3C2)CC[C@H]1n1c(C(C)(C)O)nc2cc(F)ccc21. The van der Waals surface area contributed by atoms with Crippen molar-refractivity contribution < 1.29 is 14.2 Å². The molecule has 0 spiro atoms. The Morgan fingerprint density at radius 1 is 1.18 bits per heavy atom. The van der Waals surface area contributed by atoms with Gasteiger partial charge in [0.2, 0.25) is 0 Å². The molecule has 2 aromatic carbocycles. The zero-order valence-electron chi connectivity index (χ0n) is 19.4. The topological polar surface area (TPSA) is 50.5 Å². The fourth-order valence-corrected chi connectivity index (χ4v) is 6.08. The van der Waals surface area contributed by atoms with E-state index in [0.717, 1.165) is 48.9 Å². The van der Waals surface area contributed by atoms with Crippen LogP contribution in [0, 0.1) is 11.7 Å². The molecule has 1 saturated heterocycles. The van der Waals surface area contributed by atoms with Crippen molar-refractivity contribution in [3.05, 3.63) is 63.6 Å². The second-order valence-electron chi connectivity index (χ2n) is 10.1. The lowest BCUT2D eigenvalue weighted by atomic mass is 9.97. The van der Waals surface area contributed by atoms with Crippen molar-refractivity contribution in [3.8, 4) is 0 Å². The summed E-state index contributed by atoms with van der Waals surface area (Å²) in [5.74, 6) is 0.852. The van der Waals surface area contributed by atoms with Crippen LogP contribution in [-0.2, 0) is 23.2 Å². The fourth-order valence-electron chi connectivity index (χ4n) is 5.67. The maximum atomic E-state index is 13.9. The van der Waals surface area contributed by atoms with Gasteiger partial charge in [-0.05, 0) is 74.4 Å². The third-order valence-corrected chi connectivity index (χ3v) is 7.64. The number of likely N-dealkylation sites (tertiary alicyclic amines) is 1. The Hall–Kier alpha value is -1.80. The van der Waals surface area contributed by atoms with Gasteiger partial charge in [-0.2, -0.15) is 0 Å². The number of nitrogens with zero attached hydrogens (tertiary/aromatic N) is 3. The van der Waals surface area contributed by atoms with Gasteiger partial charge in [-0.3, -0.25) is 0 Å². The molecule has 5 rings (SSSR count). The monoisotopic (exact) mass is 515 g/mol. The van der Waals surface area contributed by atoms with Gasteiger partial charge < -0.3 is 19.3 Å². The Bertz CT molecular complexity index is 1170. The number of rotatable bonds is 5. The number of hydrogen-bond donors (Lipinski definition) is 1. The van der Waals surface area contributed by atoms with Crippen LogP contribution in [0.15, 0.2) is 40.9 Å². The Balaban J connectivity index is 1.36. The first-order valence-electron chi connectivity index (χ1n) is 11.7. The van der Waals surface area contributed by atoms with E-state index in [1.807, 2.05) is 0 Å². The summed E-state index contributed by atoms with van der Waals surface area (Å²) < 4.78 is 23.1. The summed E-state index contributed by atoms with van der Waals surface area (Å²) in [6.45, 7) is 6.28. The van der Waals surface area contributed by atoms with E-state index >= 15 is 0 Å². The standard InChI is InChI=1S/C26H31BrFN3O2/c1-26(2,32)25-29-21-13-20(28)6-7-22(21)31(25)23-8-9-30(15-24(23)33-3)14-16-10-17-4-5-19(27)12-18(17)11-16/h4-7,12-13,16,23-24,32H,8-11,14-15H2,1-3H3/t16?,23-,24-/m1/s1. The van der Waals surface area contributed by atoms with Crippen LogP contribution in [0.3, 0.4) is 0 Å². The third-order valence-electron chi connectivity index (χ3n) is 7.14. The fraction of sp³-hybridized carbons (Fsp3) is 0.500. The van der Waals surface area contributed by atoms with Gasteiger partial charge in [0.15, 0.2) is 0 Å². The molecule has 0 amide bonds. The van der Waals surface area contributed by atoms with Crippen LogP contribution < -0.4 is 0 Å². The average Bonchev–Trinajstić information content (AvgIpc) is 3.33. The van der Waals surface area contributed by atoms with Gasteiger partial charge in [-0.15, -0.1) is 0 Å². The Labute approximate surface area is 202 Å². The van der Waals surface area contributed by atoms with Crippen LogP contribution in [0.1, 0.15) is 43.3 Å². The maximum Gasteiger partial charge on any atom is 0.141 e. The van der Waals surface area contributed by atoms with E-state index in [0.29, 0.717) is 17.3 Å². The molecule has 7 heteroatoms. The summed E-state index contributed by atoms with van der Waals surface area (Å²) in [4.78, 5) is 7.13. The summed E-state index contributed by atoms with van der Waals surface area (Å²) >= 11 is 3.59. The number of imidazole rings is 1. The Morgan fingerprint density at radius 3 is 2.73 bits per heavy atom. The van der Waals surface area contributed by atoms with Crippen molar-refractivity contribution in [3.63, 3.8) is 0 Å². The molecule has 1 aliphatic carbocycles. The van der Waals surface area contributed by atoms with E-state index in [-0.39, 0.29) is 18.0 Å². The molecule has 1 aliphatic heterocycles. The summed E-state index contributed by atoms with van der Waals surface area (Å²) in [7, 11) is 1.76. The predicted octanol–water partition coefficient (Wildman–Crippen LogP) is 4.84. The molecule has 3 atom stereocenters. The molecular weight excluding hydrogens is 485 g/mol. The second kappa shape index (κ2) is 8.77. The van der Waals surface area contributed by atoms with Crippen molar-refractivity contribution in [2.75, 3.05) is 26.7 Å². The molecule has 0 saturated carbocycles. The Kier molecular flexibility index (Phi) is 6.10. The van der Waals surface area contributed by atoms with Crippen LogP contribution in [0.25, 0.3) is 11.0 Å². The number of ether oxygens (including phenoxy) is 1. The normalized spacial score (nSPS) is 23.9. The summed E-state index contributed by atoms with van der Waals surface area (Å²) in [5, 5.41) is 10.8. The molecule has 1 unspecified atom stereocenters. The molecule has 1 fully saturated rings. The molecule has 176 valence electrons. The van der Waals surface area contributed by atoms with Crippen molar-refractivity contribution in [1.29, 1.82) is 0 Å². The van der Waals surface area contributed by atoms with Crippen LogP contribution in [0.5, 0.6) is 0 Å². The highest BCUT2D eigenvalue weighted by Crippen LogP contribution is 2.36. The molecule has 2 heterocycles. The van der Waals surface area contributed by atoms with Gasteiger partial charge in [-0.25, -0.2) is 9.37 Å². The average molecular weight is 516 g/mol. The minimum atomic E-state index is -1.14. The molecule has 1 aromatic heterocycles. The molecular formula is C26H31BrFN3O2. The lowest BCUT2D eigenvalue weighted by Crippen LogP contribution is -2.47. The van der Waals surface area contributed by atoms with Crippen molar-refractivity contribution in [1.82, 2.24) is 14.5 Å². The molecule has 5 nitrogen and oxygen atoms in total. The quantitative estimate of drug-likeness (QED) is 0.528. The molecule has 0 radical (unpaired) electrons. The highest BCUT2D eigenvalue weighted by molar-refractivity contribution is 9.10. The number of hydrogen-bond acceptors (Lipinski definition) is 4. The highest BCUT2D eigenvalue weighted by atomic mass is 79.9. The first-order valence-corrected chi connectivity index (χ1v) is 12.4. The van der Waals surface area contributed by atoms with Gasteiger partial charge in [0, 0.05) is 37.3 Å². The van der Waals surface area contributed by atoms with E-state index in [2.05, 4.69) is 48.6 Å². The number of aliphatic hydroxyl groups is 1. The third kappa shape index (κ3) is 4.48. The molecule has 0 bridgehead atoms. The summed E-state index contributed by atoms with van der Waals surface area (Å²) in [5.41, 5.74) is 3.19. The molecule has 1 N–H and O–H groups in total. The number of benzene rings is 2. The largest absolute Gasteiger partial charge is 0.383 e. The smallest absolute Gasteiger partial charge is 0.141 e. The minimum absolute atomic E-state index is 0.0277. The van der Waals surface area contributed by atoms with Crippen molar-refractivity contribution >= 4 is 27.0 Å². The number of aromatic nitrogens is 2. The summed E-state index contributed by atoms with van der Waals surface area (Å²) in [6.07, 6.45) is 3.09. The number of piperidine rings is 1. The zero-order chi connectivity index (χ0) is 23.3. The van der Waals surface area contributed by atoms with E-state index in [1.54, 1.807) is 27.0 Å². The van der Waals surface area contributed by atoms with Crippen LogP contribution >= 0.6 is 15.9 Å². The zero-order valence-corrected chi connectivity index (χ0v) is 21.0. The lowest BCUT2D eigenvalue weighted by molar-refractivity contribution is -0.0152. The van der Waals surface area contributed by atoms with Gasteiger partial charge in [-0.1, -0.05) is 22.0 Å². The lowest BCUT2D eigenvalue weighted by Gasteiger charge is -2.40. The maximum absolute atomic E-state index is 13.9. The van der Waals surface area contributed by atoms with Gasteiger partial charge in [0.1, 0.15) is 17.2 Å². The number of halogens is 2. The number of fused-ring (bicyclic) bond motifs is 2. The van der Waals surface area contributed by atoms with E-state index in [9.17, 15) is 9.50 Å². The molecule has 33 heavy (non-hydrogen) atoms. The highest BCUT2D eigenvalue weighted by Gasteiger charge is 2.37. The first kappa shape index (κ1) is 23.0.